The molecule has 1 aliphatic rings. The van der Waals surface area contributed by atoms with E-state index in [4.69, 9.17) is 14.2 Å². The van der Waals surface area contributed by atoms with E-state index in [2.05, 4.69) is 22.5 Å². The van der Waals surface area contributed by atoms with Gasteiger partial charge in [0.1, 0.15) is 12.4 Å². The Morgan fingerprint density at radius 3 is 2.81 bits per heavy atom. The fourth-order valence-electron chi connectivity index (χ4n) is 2.09. The topological polar surface area (TPSA) is 68.8 Å². The Kier molecular flexibility index (Phi) is 5.39. The molecule has 0 fully saturated rings. The number of benzene rings is 2. The number of nitrogens with one attached hydrogen (secondary N) is 2. The summed E-state index contributed by atoms with van der Waals surface area (Å²) in [5, 5.41) is 5.17. The SMILES string of the molecule is O=C(NCC#CCOc1ccc(F)cc1F)Nc1ccc2c(c1)OCO2. The minimum atomic E-state index is -0.798. The van der Waals surface area contributed by atoms with Crippen molar-refractivity contribution in [2.45, 2.75) is 0 Å². The smallest absolute Gasteiger partial charge is 0.319 e. The Morgan fingerprint density at radius 1 is 1.12 bits per heavy atom. The summed E-state index contributed by atoms with van der Waals surface area (Å²) in [6.07, 6.45) is 0. The largest absolute Gasteiger partial charge is 0.478 e. The maximum absolute atomic E-state index is 13.3. The van der Waals surface area contributed by atoms with Crippen molar-refractivity contribution < 1.29 is 27.8 Å². The predicted octanol–water partition coefficient (Wildman–Crippen LogP) is 2.90. The van der Waals surface area contributed by atoms with Gasteiger partial charge in [-0.2, -0.15) is 0 Å². The van der Waals surface area contributed by atoms with Gasteiger partial charge in [0.25, 0.3) is 0 Å². The summed E-state index contributed by atoms with van der Waals surface area (Å²) in [4.78, 5) is 11.8. The van der Waals surface area contributed by atoms with Gasteiger partial charge in [-0.25, -0.2) is 13.6 Å². The number of carbonyl (C=O) groups excluding carboxylic acids is 1. The van der Waals surface area contributed by atoms with E-state index in [-0.39, 0.29) is 25.7 Å². The van der Waals surface area contributed by atoms with E-state index >= 15 is 0 Å². The third-order valence-electron chi connectivity index (χ3n) is 3.29. The standard InChI is InChI=1S/C18H14F2N2O4/c19-12-3-5-15(14(20)9-12)24-8-2-1-7-21-18(23)22-13-4-6-16-17(10-13)26-11-25-16/h3-6,9-10H,7-8,11H2,(H2,21,22,23). The number of hydrogen-bond donors (Lipinski definition) is 2. The van der Waals surface area contributed by atoms with Gasteiger partial charge in [0.2, 0.25) is 6.79 Å². The van der Waals surface area contributed by atoms with Crippen molar-refractivity contribution in [3.05, 3.63) is 48.0 Å². The first-order valence-electron chi connectivity index (χ1n) is 7.60. The lowest BCUT2D eigenvalue weighted by Gasteiger charge is -2.06. The quantitative estimate of drug-likeness (QED) is 0.823. The first kappa shape index (κ1) is 17.4. The normalized spacial score (nSPS) is 11.3. The Balaban J connectivity index is 1.39. The van der Waals surface area contributed by atoms with Gasteiger partial charge in [-0.3, -0.25) is 0 Å². The third-order valence-corrected chi connectivity index (χ3v) is 3.29. The van der Waals surface area contributed by atoms with E-state index in [1.54, 1.807) is 18.2 Å². The van der Waals surface area contributed by atoms with Gasteiger partial charge in [0.15, 0.2) is 23.1 Å². The molecule has 0 spiro atoms. The first-order valence-corrected chi connectivity index (χ1v) is 7.60. The number of hydrogen-bond acceptors (Lipinski definition) is 4. The van der Waals surface area contributed by atoms with Crippen LogP contribution in [0.1, 0.15) is 0 Å². The molecule has 6 nitrogen and oxygen atoms in total. The molecule has 0 atom stereocenters. The summed E-state index contributed by atoms with van der Waals surface area (Å²) >= 11 is 0. The molecule has 0 bridgehead atoms. The number of rotatable bonds is 4. The zero-order valence-electron chi connectivity index (χ0n) is 13.5. The molecule has 0 saturated heterocycles. The molecule has 0 aromatic heterocycles. The second-order valence-electron chi connectivity index (χ2n) is 5.09. The number of carbonyl (C=O) groups is 1. The molecule has 26 heavy (non-hydrogen) atoms. The molecular weight excluding hydrogens is 346 g/mol. The van der Waals surface area contributed by atoms with Gasteiger partial charge in [-0.15, -0.1) is 0 Å². The number of ether oxygens (including phenoxy) is 3. The number of anilines is 1. The molecule has 0 aliphatic carbocycles. The van der Waals surface area contributed by atoms with E-state index in [0.717, 1.165) is 12.1 Å². The van der Waals surface area contributed by atoms with Crippen LogP contribution in [0.25, 0.3) is 0 Å². The highest BCUT2D eigenvalue weighted by atomic mass is 19.1. The molecular formula is C18H14F2N2O4. The summed E-state index contributed by atoms with van der Waals surface area (Å²) < 4.78 is 41.5. The maximum Gasteiger partial charge on any atom is 0.319 e. The van der Waals surface area contributed by atoms with E-state index in [1.165, 1.54) is 6.07 Å². The molecule has 2 aromatic carbocycles. The molecule has 1 heterocycles. The van der Waals surface area contributed by atoms with Crippen molar-refractivity contribution in [1.82, 2.24) is 5.32 Å². The van der Waals surface area contributed by atoms with Crippen LogP contribution in [0.15, 0.2) is 36.4 Å². The average Bonchev–Trinajstić information content (AvgIpc) is 3.07. The van der Waals surface area contributed by atoms with Gasteiger partial charge in [0, 0.05) is 17.8 Å². The van der Waals surface area contributed by atoms with Crippen molar-refractivity contribution >= 4 is 11.7 Å². The zero-order valence-corrected chi connectivity index (χ0v) is 13.5. The van der Waals surface area contributed by atoms with Gasteiger partial charge in [-0.1, -0.05) is 11.8 Å². The average molecular weight is 360 g/mol. The van der Waals surface area contributed by atoms with Gasteiger partial charge >= 0.3 is 6.03 Å². The number of amides is 2. The van der Waals surface area contributed by atoms with E-state index < -0.39 is 17.7 Å². The Bertz CT molecular complexity index is 877. The Morgan fingerprint density at radius 2 is 1.96 bits per heavy atom. The summed E-state index contributed by atoms with van der Waals surface area (Å²) in [6, 6.07) is 7.59. The van der Waals surface area contributed by atoms with Gasteiger partial charge in [0.05, 0.1) is 6.54 Å². The lowest BCUT2D eigenvalue weighted by molar-refractivity contribution is 0.174. The molecule has 2 aromatic rings. The second kappa shape index (κ2) is 8.07. The van der Waals surface area contributed by atoms with E-state index in [0.29, 0.717) is 17.2 Å². The third kappa shape index (κ3) is 4.54. The molecule has 3 rings (SSSR count). The maximum atomic E-state index is 13.3. The van der Waals surface area contributed by atoms with Crippen LogP contribution >= 0.6 is 0 Å². The summed E-state index contributed by atoms with van der Waals surface area (Å²) in [7, 11) is 0. The first-order chi connectivity index (χ1) is 12.6. The van der Waals surface area contributed by atoms with Crippen LogP contribution in [0.3, 0.4) is 0 Å². The number of halogens is 2. The molecule has 134 valence electrons. The van der Waals surface area contributed by atoms with Gasteiger partial charge in [-0.05, 0) is 24.3 Å². The molecule has 2 N–H and O–H groups in total. The van der Waals surface area contributed by atoms with Crippen LogP contribution in [0.4, 0.5) is 19.3 Å². The van der Waals surface area contributed by atoms with Crippen molar-refractivity contribution in [2.24, 2.45) is 0 Å². The monoisotopic (exact) mass is 360 g/mol. The fourth-order valence-corrected chi connectivity index (χ4v) is 2.09. The summed E-state index contributed by atoms with van der Waals surface area (Å²) in [6.45, 7) is 0.143. The minimum Gasteiger partial charge on any atom is -0.478 e. The lowest BCUT2D eigenvalue weighted by Crippen LogP contribution is -2.28. The van der Waals surface area contributed by atoms with Crippen LogP contribution in [0, 0.1) is 23.5 Å². The lowest BCUT2D eigenvalue weighted by atomic mass is 10.3. The number of fused-ring (bicyclic) bond motifs is 1. The van der Waals surface area contributed by atoms with Crippen molar-refractivity contribution in [2.75, 3.05) is 25.3 Å². The van der Waals surface area contributed by atoms with Crippen molar-refractivity contribution in [1.29, 1.82) is 0 Å². The number of urea groups is 1. The Labute approximate surface area is 148 Å². The zero-order chi connectivity index (χ0) is 18.4. The van der Waals surface area contributed by atoms with Crippen molar-refractivity contribution in [3.8, 4) is 29.1 Å². The molecule has 0 radical (unpaired) electrons. The highest BCUT2D eigenvalue weighted by molar-refractivity contribution is 5.89. The van der Waals surface area contributed by atoms with E-state index in [1.807, 2.05) is 0 Å². The minimum absolute atomic E-state index is 0.0750. The molecule has 2 amide bonds. The second-order valence-corrected chi connectivity index (χ2v) is 5.09. The molecule has 0 saturated carbocycles. The van der Waals surface area contributed by atoms with Crippen LogP contribution in [0.2, 0.25) is 0 Å². The fraction of sp³-hybridized carbons (Fsp3) is 0.167. The molecule has 1 aliphatic heterocycles. The predicted molar refractivity (Wildman–Crippen MR) is 89.2 cm³/mol. The van der Waals surface area contributed by atoms with Crippen LogP contribution < -0.4 is 24.8 Å². The summed E-state index contributed by atoms with van der Waals surface area (Å²) in [5.41, 5.74) is 0.551. The summed E-state index contributed by atoms with van der Waals surface area (Å²) in [5.74, 6) is 4.89. The molecule has 8 heteroatoms. The Hall–Kier alpha value is -3.47. The van der Waals surface area contributed by atoms with Crippen LogP contribution in [0.5, 0.6) is 17.2 Å². The van der Waals surface area contributed by atoms with E-state index in [9.17, 15) is 13.6 Å². The van der Waals surface area contributed by atoms with Crippen LogP contribution in [-0.4, -0.2) is 26.0 Å². The highest BCUT2D eigenvalue weighted by Gasteiger charge is 2.13. The van der Waals surface area contributed by atoms with Crippen molar-refractivity contribution in [3.63, 3.8) is 0 Å². The highest BCUT2D eigenvalue weighted by Crippen LogP contribution is 2.34. The van der Waals surface area contributed by atoms with Gasteiger partial charge < -0.3 is 24.8 Å². The molecule has 0 unspecified atom stereocenters. The van der Waals surface area contributed by atoms with Crippen LogP contribution in [-0.2, 0) is 0 Å².